The molecule has 184 valence electrons. The maximum Gasteiger partial charge on any atom is 0.338 e. The summed E-state index contributed by atoms with van der Waals surface area (Å²) >= 11 is 15.9. The number of halogens is 3. The highest BCUT2D eigenvalue weighted by atomic mass is 79.9. The molecule has 0 bridgehead atoms. The number of ether oxygens (including phenoxy) is 3. The number of aromatic nitrogens is 3. The van der Waals surface area contributed by atoms with Crippen molar-refractivity contribution in [1.82, 2.24) is 14.8 Å². The second-order valence-electron chi connectivity index (χ2n) is 7.79. The number of carbonyl (C=O) groups is 1. The van der Waals surface area contributed by atoms with E-state index in [0.717, 1.165) is 11.1 Å². The quantitative estimate of drug-likeness (QED) is 0.318. The van der Waals surface area contributed by atoms with Crippen molar-refractivity contribution in [2.75, 3.05) is 19.0 Å². The number of nitrogens with zero attached hydrogens (tertiary/aromatic N) is 3. The van der Waals surface area contributed by atoms with E-state index in [-0.39, 0.29) is 6.61 Å². The molecule has 2 heterocycles. The molecule has 1 unspecified atom stereocenters. The normalized spacial score (nSPS) is 14.9. The molecule has 35 heavy (non-hydrogen) atoms. The van der Waals surface area contributed by atoms with E-state index in [1.54, 1.807) is 23.9 Å². The van der Waals surface area contributed by atoms with Crippen LogP contribution in [0, 0.1) is 0 Å². The van der Waals surface area contributed by atoms with Gasteiger partial charge in [0.1, 0.15) is 19.0 Å². The Balaban J connectivity index is 1.72. The Morgan fingerprint density at radius 3 is 2.77 bits per heavy atom. The molecule has 0 radical (unpaired) electrons. The molecule has 1 aliphatic rings. The number of esters is 1. The maximum atomic E-state index is 13.0. The number of carbonyl (C=O) groups excluding carboxylic acids is 1. The smallest absolute Gasteiger partial charge is 0.338 e. The van der Waals surface area contributed by atoms with E-state index in [9.17, 15) is 4.79 Å². The zero-order valence-electron chi connectivity index (χ0n) is 19.3. The lowest BCUT2D eigenvalue weighted by Gasteiger charge is -2.29. The summed E-state index contributed by atoms with van der Waals surface area (Å²) < 4.78 is 19.5. The molecule has 1 atom stereocenters. The first kappa shape index (κ1) is 25.3. The monoisotopic (exact) mass is 580 g/mol. The molecule has 8 nitrogen and oxygen atoms in total. The molecule has 0 fully saturated rings. The fourth-order valence-electron chi connectivity index (χ4n) is 3.76. The summed E-state index contributed by atoms with van der Waals surface area (Å²) in [5.41, 5.74) is 2.59. The summed E-state index contributed by atoms with van der Waals surface area (Å²) in [4.78, 5) is 17.3. The van der Waals surface area contributed by atoms with Crippen LogP contribution in [-0.2, 0) is 16.1 Å². The van der Waals surface area contributed by atoms with Crippen LogP contribution in [0.25, 0.3) is 0 Å². The van der Waals surface area contributed by atoms with Gasteiger partial charge in [-0.1, -0.05) is 36.2 Å². The van der Waals surface area contributed by atoms with Crippen LogP contribution >= 0.6 is 39.1 Å². The van der Waals surface area contributed by atoms with Crippen LogP contribution in [0.5, 0.6) is 11.5 Å². The molecule has 0 amide bonds. The Bertz CT molecular complexity index is 1290. The molecule has 0 spiro atoms. The van der Waals surface area contributed by atoms with Gasteiger partial charge in [0, 0.05) is 21.3 Å². The standard InChI is InChI=1S/C24H23BrCl2N4O4/c1-4-7-34-23(32)20-13(2)30-24-28-12-29-31(24)21(20)15-8-17(25)22(19(9-15)33-3)35-11-14-5-6-16(26)10-18(14)27/h5-6,8-10,12,21H,4,7,11H2,1-3H3,(H,28,29,30). The van der Waals surface area contributed by atoms with Crippen LogP contribution in [-0.4, -0.2) is 34.5 Å². The minimum atomic E-state index is -0.580. The van der Waals surface area contributed by atoms with Gasteiger partial charge in [0.25, 0.3) is 0 Å². The van der Waals surface area contributed by atoms with E-state index in [1.165, 1.54) is 6.33 Å². The van der Waals surface area contributed by atoms with Crippen LogP contribution in [0.4, 0.5) is 5.95 Å². The largest absolute Gasteiger partial charge is 0.493 e. The molecule has 0 saturated carbocycles. The first-order valence-electron chi connectivity index (χ1n) is 10.8. The summed E-state index contributed by atoms with van der Waals surface area (Å²) in [5.74, 6) is 1.06. The lowest BCUT2D eigenvalue weighted by molar-refractivity contribution is -0.139. The molecule has 2 aromatic carbocycles. The third-order valence-electron chi connectivity index (χ3n) is 5.41. The first-order chi connectivity index (χ1) is 16.8. The van der Waals surface area contributed by atoms with Gasteiger partial charge in [0.15, 0.2) is 11.5 Å². The average Bonchev–Trinajstić information content (AvgIpc) is 3.29. The number of rotatable bonds is 8. The molecule has 4 rings (SSSR count). The van der Waals surface area contributed by atoms with Crippen molar-refractivity contribution in [3.63, 3.8) is 0 Å². The van der Waals surface area contributed by atoms with Crippen molar-refractivity contribution < 1.29 is 19.0 Å². The number of allylic oxidation sites excluding steroid dienone is 1. The van der Waals surface area contributed by atoms with Gasteiger partial charge in [-0.05, 0) is 59.1 Å². The van der Waals surface area contributed by atoms with Gasteiger partial charge in [-0.25, -0.2) is 9.48 Å². The highest BCUT2D eigenvalue weighted by Gasteiger charge is 2.35. The molecule has 3 aromatic rings. The highest BCUT2D eigenvalue weighted by Crippen LogP contribution is 2.43. The first-order valence-corrected chi connectivity index (χ1v) is 12.4. The third kappa shape index (κ3) is 5.27. The van der Waals surface area contributed by atoms with Gasteiger partial charge < -0.3 is 19.5 Å². The Morgan fingerprint density at radius 1 is 1.26 bits per heavy atom. The lowest BCUT2D eigenvalue weighted by Crippen LogP contribution is -2.29. The molecule has 1 aromatic heterocycles. The maximum absolute atomic E-state index is 13.0. The number of hydrogen-bond donors (Lipinski definition) is 1. The van der Waals surface area contributed by atoms with Crippen LogP contribution in [0.15, 0.2) is 52.4 Å². The molecular weight excluding hydrogens is 559 g/mol. The van der Waals surface area contributed by atoms with E-state index in [4.69, 9.17) is 37.4 Å². The highest BCUT2D eigenvalue weighted by molar-refractivity contribution is 9.10. The van der Waals surface area contributed by atoms with Crippen molar-refractivity contribution >= 4 is 51.0 Å². The van der Waals surface area contributed by atoms with E-state index in [1.807, 2.05) is 32.0 Å². The topological polar surface area (TPSA) is 87.5 Å². The molecule has 1 N–H and O–H groups in total. The lowest BCUT2D eigenvalue weighted by atomic mass is 9.95. The predicted molar refractivity (Wildman–Crippen MR) is 137 cm³/mol. The molecule has 11 heteroatoms. The number of nitrogens with one attached hydrogen (secondary N) is 1. The van der Waals surface area contributed by atoms with Gasteiger partial charge in [-0.2, -0.15) is 10.1 Å². The number of methoxy groups -OCH3 is 1. The van der Waals surface area contributed by atoms with Crippen molar-refractivity contribution in [3.05, 3.63) is 73.6 Å². The Kier molecular flexibility index (Phi) is 7.88. The van der Waals surface area contributed by atoms with Crippen LogP contribution in [0.2, 0.25) is 10.0 Å². The zero-order valence-corrected chi connectivity index (χ0v) is 22.4. The third-order valence-corrected chi connectivity index (χ3v) is 6.58. The average molecular weight is 582 g/mol. The van der Waals surface area contributed by atoms with Crippen molar-refractivity contribution in [2.45, 2.75) is 32.9 Å². The van der Waals surface area contributed by atoms with Crippen molar-refractivity contribution in [2.24, 2.45) is 0 Å². The van der Waals surface area contributed by atoms with Crippen LogP contribution in [0.1, 0.15) is 37.4 Å². The van der Waals surface area contributed by atoms with Gasteiger partial charge in [0.2, 0.25) is 5.95 Å². The van der Waals surface area contributed by atoms with Gasteiger partial charge in [-0.3, -0.25) is 0 Å². The van der Waals surface area contributed by atoms with Gasteiger partial charge >= 0.3 is 5.97 Å². The number of anilines is 1. The summed E-state index contributed by atoms with van der Waals surface area (Å²) in [6.45, 7) is 4.28. The number of hydrogen-bond acceptors (Lipinski definition) is 7. The fraction of sp³-hybridized carbons (Fsp3) is 0.292. The van der Waals surface area contributed by atoms with E-state index in [2.05, 4.69) is 31.3 Å². The predicted octanol–water partition coefficient (Wildman–Crippen LogP) is 6.18. The van der Waals surface area contributed by atoms with Crippen molar-refractivity contribution in [3.8, 4) is 11.5 Å². The second kappa shape index (κ2) is 10.9. The summed E-state index contributed by atoms with van der Waals surface area (Å²) in [6, 6.07) is 8.32. The minimum Gasteiger partial charge on any atom is -0.493 e. The summed E-state index contributed by atoms with van der Waals surface area (Å²) in [6.07, 6.45) is 2.15. The number of benzene rings is 2. The van der Waals surface area contributed by atoms with E-state index in [0.29, 0.717) is 56.3 Å². The molecule has 1 aliphatic heterocycles. The fourth-order valence-corrected chi connectivity index (χ4v) is 4.80. The Morgan fingerprint density at radius 2 is 2.06 bits per heavy atom. The molecular formula is C24H23BrCl2N4O4. The van der Waals surface area contributed by atoms with E-state index < -0.39 is 12.0 Å². The summed E-state index contributed by atoms with van der Waals surface area (Å²) in [5, 5.41) is 8.54. The summed E-state index contributed by atoms with van der Waals surface area (Å²) in [7, 11) is 1.55. The SMILES string of the molecule is CCCOC(=O)C1=C(C)Nc2ncnn2C1c1cc(Br)c(OCc2ccc(Cl)cc2Cl)c(OC)c1. The zero-order chi connectivity index (χ0) is 25.1. The van der Waals surface area contributed by atoms with Gasteiger partial charge in [-0.15, -0.1) is 0 Å². The van der Waals surface area contributed by atoms with Crippen LogP contribution < -0.4 is 14.8 Å². The minimum absolute atomic E-state index is 0.207. The molecule has 0 saturated heterocycles. The molecule has 0 aliphatic carbocycles. The second-order valence-corrected chi connectivity index (χ2v) is 9.49. The van der Waals surface area contributed by atoms with Crippen molar-refractivity contribution in [1.29, 1.82) is 0 Å². The Hall–Kier alpha value is -2.75. The van der Waals surface area contributed by atoms with E-state index >= 15 is 0 Å². The van der Waals surface area contributed by atoms with Gasteiger partial charge in [0.05, 0.1) is 23.8 Å². The Labute approximate surface area is 221 Å². The van der Waals surface area contributed by atoms with Crippen LogP contribution in [0.3, 0.4) is 0 Å². The number of fused-ring (bicyclic) bond motifs is 1.